The van der Waals surface area contributed by atoms with Crippen LogP contribution in [0.25, 0.3) is 0 Å². The van der Waals surface area contributed by atoms with Crippen molar-refractivity contribution in [2.24, 2.45) is 5.92 Å². The van der Waals surface area contributed by atoms with Gasteiger partial charge in [0.2, 0.25) is 5.91 Å². The van der Waals surface area contributed by atoms with Crippen molar-refractivity contribution < 1.29 is 9.53 Å². The second-order valence-electron chi connectivity index (χ2n) is 6.19. The highest BCUT2D eigenvalue weighted by Crippen LogP contribution is 2.26. The van der Waals surface area contributed by atoms with Crippen LogP contribution < -0.4 is 5.32 Å². The van der Waals surface area contributed by atoms with Gasteiger partial charge in [-0.1, -0.05) is 30.3 Å². The Labute approximate surface area is 126 Å². The van der Waals surface area contributed by atoms with Gasteiger partial charge in [-0.25, -0.2) is 0 Å². The molecule has 0 spiro atoms. The van der Waals surface area contributed by atoms with Crippen molar-refractivity contribution in [2.45, 2.75) is 44.9 Å². The summed E-state index contributed by atoms with van der Waals surface area (Å²) in [6.45, 7) is 5.84. The zero-order valence-electron chi connectivity index (χ0n) is 12.8. The van der Waals surface area contributed by atoms with Gasteiger partial charge in [-0.3, -0.25) is 10.1 Å². The second kappa shape index (κ2) is 6.16. The van der Waals surface area contributed by atoms with Crippen molar-refractivity contribution >= 4 is 5.91 Å². The number of nitrogens with zero attached hydrogens (tertiary/aromatic N) is 1. The van der Waals surface area contributed by atoms with Crippen LogP contribution in [0, 0.1) is 5.92 Å². The molecule has 0 bridgehead atoms. The summed E-state index contributed by atoms with van der Waals surface area (Å²) in [5.41, 5.74) is 1.20. The topological polar surface area (TPSA) is 41.6 Å². The predicted octanol–water partition coefficient (Wildman–Crippen LogP) is 1.80. The van der Waals surface area contributed by atoms with Crippen molar-refractivity contribution in [3.05, 3.63) is 35.9 Å². The van der Waals surface area contributed by atoms with E-state index in [2.05, 4.69) is 31.3 Å². The van der Waals surface area contributed by atoms with Crippen molar-refractivity contribution in [1.82, 2.24) is 10.2 Å². The average Bonchev–Trinajstić information content (AvgIpc) is 3.09. The van der Waals surface area contributed by atoms with E-state index in [1.807, 2.05) is 23.1 Å². The lowest BCUT2D eigenvalue weighted by molar-refractivity contribution is -0.132. The van der Waals surface area contributed by atoms with Gasteiger partial charge in [0.15, 0.2) is 0 Å². The number of amides is 1. The van der Waals surface area contributed by atoms with Crippen molar-refractivity contribution in [1.29, 1.82) is 0 Å². The maximum atomic E-state index is 12.7. The fraction of sp³-hybridized carbons (Fsp3) is 0.588. The molecule has 4 heteroatoms. The van der Waals surface area contributed by atoms with Crippen LogP contribution in [0.1, 0.15) is 25.8 Å². The second-order valence-corrected chi connectivity index (χ2v) is 6.19. The Morgan fingerprint density at radius 3 is 2.81 bits per heavy atom. The minimum atomic E-state index is -0.104. The zero-order chi connectivity index (χ0) is 14.8. The van der Waals surface area contributed by atoms with Crippen LogP contribution in [0.5, 0.6) is 0 Å². The van der Waals surface area contributed by atoms with E-state index < -0.39 is 0 Å². The molecule has 0 radical (unpaired) electrons. The third-order valence-corrected chi connectivity index (χ3v) is 4.78. The van der Waals surface area contributed by atoms with Gasteiger partial charge < -0.3 is 9.64 Å². The van der Waals surface area contributed by atoms with Crippen LogP contribution in [0.3, 0.4) is 0 Å². The molecule has 2 aliphatic rings. The number of rotatable bonds is 4. The van der Waals surface area contributed by atoms with Crippen LogP contribution >= 0.6 is 0 Å². The third-order valence-electron chi connectivity index (χ3n) is 4.78. The summed E-state index contributed by atoms with van der Waals surface area (Å²) in [4.78, 5) is 14.8. The van der Waals surface area contributed by atoms with Gasteiger partial charge in [-0.2, -0.15) is 0 Å². The zero-order valence-corrected chi connectivity index (χ0v) is 12.8. The summed E-state index contributed by atoms with van der Waals surface area (Å²) in [6.07, 6.45) is 1.91. The molecule has 3 rings (SSSR count). The van der Waals surface area contributed by atoms with Crippen LogP contribution in [0.2, 0.25) is 0 Å². The van der Waals surface area contributed by atoms with Crippen LogP contribution in [-0.4, -0.2) is 42.3 Å². The van der Waals surface area contributed by atoms with E-state index in [1.165, 1.54) is 5.56 Å². The van der Waals surface area contributed by atoms with Crippen molar-refractivity contribution in [3.63, 3.8) is 0 Å². The molecule has 4 unspecified atom stereocenters. The van der Waals surface area contributed by atoms with E-state index in [-0.39, 0.29) is 24.2 Å². The number of hydrogen-bond acceptors (Lipinski definition) is 3. The fourth-order valence-corrected chi connectivity index (χ4v) is 3.52. The summed E-state index contributed by atoms with van der Waals surface area (Å²) in [5, 5.41) is 3.44. The number of nitrogens with one attached hydrogen (secondary N) is 1. The van der Waals surface area contributed by atoms with Gasteiger partial charge >= 0.3 is 0 Å². The molecule has 1 amide bonds. The van der Waals surface area contributed by atoms with Gasteiger partial charge in [0.05, 0.1) is 18.8 Å². The van der Waals surface area contributed by atoms with Gasteiger partial charge in [-0.05, 0) is 32.3 Å². The van der Waals surface area contributed by atoms with E-state index in [1.54, 1.807) is 0 Å². The first kappa shape index (κ1) is 14.5. The number of ether oxygens (including phenoxy) is 1. The highest BCUT2D eigenvalue weighted by molar-refractivity contribution is 5.85. The third kappa shape index (κ3) is 2.97. The van der Waals surface area contributed by atoms with Gasteiger partial charge in [0.1, 0.15) is 0 Å². The minimum absolute atomic E-state index is 0.0989. The van der Waals surface area contributed by atoms with E-state index in [4.69, 9.17) is 4.74 Å². The van der Waals surface area contributed by atoms with Gasteiger partial charge in [-0.15, -0.1) is 0 Å². The molecule has 4 atom stereocenters. The average molecular weight is 288 g/mol. The molecule has 2 heterocycles. The Bertz CT molecular complexity index is 485. The molecular formula is C17H24N2O2. The highest BCUT2D eigenvalue weighted by atomic mass is 16.5. The van der Waals surface area contributed by atoms with E-state index in [0.29, 0.717) is 5.92 Å². The quantitative estimate of drug-likeness (QED) is 0.918. The molecule has 0 aliphatic carbocycles. The molecule has 2 saturated heterocycles. The Morgan fingerprint density at radius 1 is 1.38 bits per heavy atom. The first-order valence-corrected chi connectivity index (χ1v) is 7.86. The highest BCUT2D eigenvalue weighted by Gasteiger charge is 2.41. The summed E-state index contributed by atoms with van der Waals surface area (Å²) >= 11 is 0. The number of carbonyl (C=O) groups is 1. The monoisotopic (exact) mass is 288 g/mol. The fourth-order valence-electron chi connectivity index (χ4n) is 3.52. The molecule has 1 aromatic carbocycles. The molecule has 2 aliphatic heterocycles. The maximum absolute atomic E-state index is 12.7. The van der Waals surface area contributed by atoms with Crippen LogP contribution in [-0.2, 0) is 16.0 Å². The molecule has 0 aromatic heterocycles. The van der Waals surface area contributed by atoms with Gasteiger partial charge in [0, 0.05) is 18.6 Å². The first-order chi connectivity index (χ1) is 10.2. The van der Waals surface area contributed by atoms with E-state index >= 15 is 0 Å². The first-order valence-electron chi connectivity index (χ1n) is 7.86. The lowest BCUT2D eigenvalue weighted by atomic mass is 9.98. The van der Waals surface area contributed by atoms with Crippen LogP contribution in [0.4, 0.5) is 0 Å². The summed E-state index contributed by atoms with van der Waals surface area (Å²) in [7, 11) is 0. The Morgan fingerprint density at radius 2 is 2.14 bits per heavy atom. The molecule has 1 aromatic rings. The normalized spacial score (nSPS) is 30.9. The molecule has 2 fully saturated rings. The standard InChI is InChI=1S/C17H24N2O2/c1-12(15-8-9-21-11-15)19-13(2)18-16(17(19)20)10-14-6-4-3-5-7-14/h3-7,12-13,15-16,18H,8-11H2,1-2H3. The lowest BCUT2D eigenvalue weighted by Gasteiger charge is -2.31. The van der Waals surface area contributed by atoms with E-state index in [9.17, 15) is 4.79 Å². The Kier molecular flexibility index (Phi) is 4.27. The molecule has 4 nitrogen and oxygen atoms in total. The minimum Gasteiger partial charge on any atom is -0.381 e. The molecular weight excluding hydrogens is 264 g/mol. The maximum Gasteiger partial charge on any atom is 0.241 e. The molecule has 21 heavy (non-hydrogen) atoms. The summed E-state index contributed by atoms with van der Waals surface area (Å²) < 4.78 is 5.47. The number of benzene rings is 1. The summed E-state index contributed by atoms with van der Waals surface area (Å²) in [5.74, 6) is 0.694. The Hall–Kier alpha value is -1.39. The SMILES string of the molecule is CC1NC(Cc2ccccc2)C(=O)N1C(C)C1CCOC1. The van der Waals surface area contributed by atoms with Crippen molar-refractivity contribution in [3.8, 4) is 0 Å². The van der Waals surface area contributed by atoms with Crippen LogP contribution in [0.15, 0.2) is 30.3 Å². The molecule has 1 N–H and O–H groups in total. The lowest BCUT2D eigenvalue weighted by Crippen LogP contribution is -2.45. The van der Waals surface area contributed by atoms with E-state index in [0.717, 1.165) is 26.1 Å². The molecule has 114 valence electrons. The largest absolute Gasteiger partial charge is 0.381 e. The molecule has 0 saturated carbocycles. The Balaban J connectivity index is 1.68. The number of hydrogen-bond donors (Lipinski definition) is 1. The summed E-state index contributed by atoms with van der Waals surface area (Å²) in [6, 6.07) is 10.3. The smallest absolute Gasteiger partial charge is 0.241 e. The predicted molar refractivity (Wildman–Crippen MR) is 81.8 cm³/mol. The van der Waals surface area contributed by atoms with Crippen molar-refractivity contribution in [2.75, 3.05) is 13.2 Å². The van der Waals surface area contributed by atoms with Gasteiger partial charge in [0.25, 0.3) is 0 Å². The number of carbonyl (C=O) groups excluding carboxylic acids is 1.